The minimum absolute atomic E-state index is 0.0768. The first-order valence-electron chi connectivity index (χ1n) is 11.5. The van der Waals surface area contributed by atoms with Gasteiger partial charge in [0.15, 0.2) is 18.3 Å². The molecule has 1 unspecified atom stereocenters. The predicted octanol–water partition coefficient (Wildman–Crippen LogP) is 4.54. The van der Waals surface area contributed by atoms with Crippen molar-refractivity contribution in [3.05, 3.63) is 82.7 Å². The number of carboxylic acid groups (broad SMARTS) is 1. The maximum atomic E-state index is 11.2. The van der Waals surface area contributed by atoms with Gasteiger partial charge in [-0.25, -0.2) is 4.79 Å². The number of benzene rings is 2. The second kappa shape index (κ2) is 11.0. The number of methoxy groups -OCH3 is 1. The van der Waals surface area contributed by atoms with Crippen LogP contribution in [-0.4, -0.2) is 49.6 Å². The lowest BCUT2D eigenvalue weighted by Crippen LogP contribution is -2.58. The van der Waals surface area contributed by atoms with Crippen molar-refractivity contribution >= 4 is 22.5 Å². The van der Waals surface area contributed by atoms with Crippen LogP contribution in [0.5, 0.6) is 5.75 Å². The largest absolute Gasteiger partial charge is 0.511 e. The second-order valence-corrected chi connectivity index (χ2v) is 9.60. The third-order valence-electron chi connectivity index (χ3n) is 6.20. The molecule has 0 bridgehead atoms. The molecule has 2 aliphatic rings. The lowest BCUT2D eigenvalue weighted by molar-refractivity contribution is -0.345. The van der Waals surface area contributed by atoms with Crippen molar-refractivity contribution in [1.29, 1.82) is 0 Å². The van der Waals surface area contributed by atoms with Crippen LogP contribution >= 0.6 is 11.3 Å². The van der Waals surface area contributed by atoms with Crippen LogP contribution in [0.1, 0.15) is 28.2 Å². The fourth-order valence-electron chi connectivity index (χ4n) is 4.58. The molecule has 190 valence electrons. The van der Waals surface area contributed by atoms with E-state index in [9.17, 15) is 4.79 Å². The average molecular weight is 514 g/mol. The van der Waals surface area contributed by atoms with Gasteiger partial charge in [-0.2, -0.15) is 0 Å². The third kappa shape index (κ3) is 5.24. The number of nitrogens with two attached hydrogens (primary N) is 1. The minimum atomic E-state index is -1.44. The van der Waals surface area contributed by atoms with Crippen LogP contribution in [0.4, 0.5) is 9.80 Å². The van der Waals surface area contributed by atoms with Crippen LogP contribution in [0.15, 0.2) is 66.7 Å². The van der Waals surface area contributed by atoms with E-state index in [0.717, 1.165) is 16.0 Å². The van der Waals surface area contributed by atoms with E-state index in [0.29, 0.717) is 6.61 Å². The van der Waals surface area contributed by atoms with Gasteiger partial charge < -0.3 is 39.3 Å². The van der Waals surface area contributed by atoms with Gasteiger partial charge in [0.1, 0.15) is 17.2 Å². The Kier molecular flexibility index (Phi) is 7.51. The van der Waals surface area contributed by atoms with Crippen LogP contribution < -0.4 is 10.5 Å². The molecule has 2 saturated heterocycles. The summed E-state index contributed by atoms with van der Waals surface area (Å²) in [6.07, 6.45) is -4.25. The zero-order chi connectivity index (χ0) is 25.1. The molecule has 2 aliphatic heterocycles. The normalized spacial score (nSPS) is 27.8. The van der Waals surface area contributed by atoms with E-state index in [1.54, 1.807) is 13.2 Å². The van der Waals surface area contributed by atoms with Gasteiger partial charge in [0.2, 0.25) is 0 Å². The Morgan fingerprint density at radius 3 is 2.53 bits per heavy atom. The maximum absolute atomic E-state index is 11.2. The molecule has 3 aromatic rings. The Labute approximate surface area is 212 Å². The fraction of sp³-hybridized carbons (Fsp3) is 0.346. The van der Waals surface area contributed by atoms with Crippen molar-refractivity contribution in [1.82, 2.24) is 0 Å². The quantitative estimate of drug-likeness (QED) is 0.439. The van der Waals surface area contributed by atoms with E-state index in [1.807, 2.05) is 60.7 Å². The van der Waals surface area contributed by atoms with Crippen LogP contribution in [0, 0.1) is 0 Å². The molecular formula is C26H27NO8S. The first kappa shape index (κ1) is 24.7. The summed E-state index contributed by atoms with van der Waals surface area (Å²) in [5.74, 6) is -0.320. The number of nitrogen functional groups attached to an aromatic ring is 1. The molecule has 10 heteroatoms. The summed E-state index contributed by atoms with van der Waals surface area (Å²) in [7, 11) is 1.56. The zero-order valence-corrected chi connectivity index (χ0v) is 20.3. The molecule has 6 atom stereocenters. The van der Waals surface area contributed by atoms with Crippen molar-refractivity contribution < 1.29 is 38.3 Å². The van der Waals surface area contributed by atoms with Gasteiger partial charge in [-0.1, -0.05) is 60.7 Å². The highest BCUT2D eigenvalue weighted by atomic mass is 32.1. The van der Waals surface area contributed by atoms with Gasteiger partial charge in [0, 0.05) is 17.6 Å². The molecule has 36 heavy (non-hydrogen) atoms. The van der Waals surface area contributed by atoms with E-state index in [2.05, 4.69) is 0 Å². The highest BCUT2D eigenvalue weighted by Crippen LogP contribution is 2.47. The molecule has 0 amide bonds. The monoisotopic (exact) mass is 513 g/mol. The zero-order valence-electron chi connectivity index (χ0n) is 19.5. The van der Waals surface area contributed by atoms with Gasteiger partial charge in [-0.3, -0.25) is 0 Å². The third-order valence-corrected chi connectivity index (χ3v) is 7.25. The Balaban J connectivity index is 1.50. The van der Waals surface area contributed by atoms with Crippen molar-refractivity contribution in [2.45, 2.75) is 43.4 Å². The highest BCUT2D eigenvalue weighted by molar-refractivity contribution is 7.16. The molecule has 5 rings (SSSR count). The summed E-state index contributed by atoms with van der Waals surface area (Å²) >= 11 is 1.23. The van der Waals surface area contributed by atoms with Gasteiger partial charge in [0.05, 0.1) is 25.2 Å². The average Bonchev–Trinajstić information content (AvgIpc) is 3.26. The summed E-state index contributed by atoms with van der Waals surface area (Å²) in [6, 6.07) is 21.0. The van der Waals surface area contributed by atoms with E-state index in [-0.39, 0.29) is 17.4 Å². The molecule has 2 aromatic carbocycles. The number of hydrogen-bond donors (Lipinski definition) is 2. The molecule has 9 nitrogen and oxygen atoms in total. The Morgan fingerprint density at radius 1 is 1.11 bits per heavy atom. The Morgan fingerprint density at radius 2 is 1.83 bits per heavy atom. The smallest absolute Gasteiger partial charge is 0.449 e. The highest BCUT2D eigenvalue weighted by Gasteiger charge is 2.52. The summed E-state index contributed by atoms with van der Waals surface area (Å²) in [5, 5.41) is 9.37. The predicted molar refractivity (Wildman–Crippen MR) is 131 cm³/mol. The lowest BCUT2D eigenvalue weighted by Gasteiger charge is -2.48. The maximum Gasteiger partial charge on any atom is 0.511 e. The van der Waals surface area contributed by atoms with E-state index >= 15 is 0 Å². The van der Waals surface area contributed by atoms with Crippen LogP contribution in [0.2, 0.25) is 0 Å². The van der Waals surface area contributed by atoms with Crippen molar-refractivity contribution in [2.75, 3.05) is 19.5 Å². The SMILES string of the molecule is CO[C@H]1O[C@@H]2COC(c3ccccc3)O[C@H]2[C@H](c2cc(OC(=O)O)c(N)s2)[C@@H]1OCc1ccccc1. The Bertz CT molecular complexity index is 1150. The van der Waals surface area contributed by atoms with E-state index < -0.39 is 43.0 Å². The molecule has 2 fully saturated rings. The molecular weight excluding hydrogens is 486 g/mol. The summed E-state index contributed by atoms with van der Waals surface area (Å²) in [6.45, 7) is 0.603. The number of hydrogen-bond acceptors (Lipinski definition) is 9. The van der Waals surface area contributed by atoms with Gasteiger partial charge in [-0.15, -0.1) is 11.3 Å². The molecule has 0 aliphatic carbocycles. The molecule has 0 saturated carbocycles. The van der Waals surface area contributed by atoms with Crippen LogP contribution in [0.3, 0.4) is 0 Å². The number of carbonyl (C=O) groups is 1. The van der Waals surface area contributed by atoms with Crippen LogP contribution in [-0.2, 0) is 30.3 Å². The molecule has 3 N–H and O–H groups in total. The fourth-order valence-corrected chi connectivity index (χ4v) is 5.60. The molecule has 0 radical (unpaired) electrons. The van der Waals surface area contributed by atoms with E-state index in [4.69, 9.17) is 39.3 Å². The number of ether oxygens (including phenoxy) is 6. The lowest BCUT2D eigenvalue weighted by atomic mass is 9.86. The number of fused-ring (bicyclic) bond motifs is 1. The molecule has 0 spiro atoms. The van der Waals surface area contributed by atoms with Gasteiger partial charge >= 0.3 is 6.16 Å². The minimum Gasteiger partial charge on any atom is -0.449 e. The Hall–Kier alpha value is -2.99. The number of rotatable bonds is 7. The standard InChI is InChI=1S/C26H27NO8S/c1-30-25-22(31-13-15-8-4-2-5-9-15)20(19-12-17(23(27)36-19)34-26(28)29)21-18(33-25)14-32-24(35-21)16-10-6-3-7-11-16/h2-12,18,20-22,24-25H,13-14,27H2,1H3,(H,28,29)/t18-,20+,21-,22+,24?,25+/m1/s1. The summed E-state index contributed by atoms with van der Waals surface area (Å²) in [5.41, 5.74) is 7.99. The van der Waals surface area contributed by atoms with Gasteiger partial charge in [-0.05, 0) is 11.6 Å². The first-order chi connectivity index (χ1) is 17.5. The topological polar surface area (TPSA) is 119 Å². The second-order valence-electron chi connectivity index (χ2n) is 8.49. The molecule has 3 heterocycles. The van der Waals surface area contributed by atoms with Crippen molar-refractivity contribution in [2.24, 2.45) is 0 Å². The van der Waals surface area contributed by atoms with E-state index in [1.165, 1.54) is 11.3 Å². The van der Waals surface area contributed by atoms with Gasteiger partial charge in [0.25, 0.3) is 0 Å². The van der Waals surface area contributed by atoms with Crippen LogP contribution in [0.25, 0.3) is 0 Å². The summed E-state index contributed by atoms with van der Waals surface area (Å²) in [4.78, 5) is 11.9. The van der Waals surface area contributed by atoms with Crippen molar-refractivity contribution in [3.63, 3.8) is 0 Å². The molecule has 1 aromatic heterocycles. The first-order valence-corrected chi connectivity index (χ1v) is 12.3. The summed E-state index contributed by atoms with van der Waals surface area (Å²) < 4.78 is 35.7. The number of thiophene rings is 1. The number of anilines is 1. The van der Waals surface area contributed by atoms with Crippen molar-refractivity contribution in [3.8, 4) is 5.75 Å².